The highest BCUT2D eigenvalue weighted by molar-refractivity contribution is 5.85. The molecule has 0 aromatic heterocycles. The van der Waals surface area contributed by atoms with Crippen LogP contribution >= 0.6 is 12.4 Å². The zero-order valence-electron chi connectivity index (χ0n) is 13.9. The summed E-state index contributed by atoms with van der Waals surface area (Å²) in [5.41, 5.74) is 3.73. The smallest absolute Gasteiger partial charge is 0.220 e. The van der Waals surface area contributed by atoms with E-state index in [0.29, 0.717) is 12.3 Å². The van der Waals surface area contributed by atoms with Crippen molar-refractivity contribution in [2.45, 2.75) is 52.5 Å². The lowest BCUT2D eigenvalue weighted by atomic mass is 9.93. The number of halogens is 1. The van der Waals surface area contributed by atoms with Gasteiger partial charge in [0.15, 0.2) is 0 Å². The highest BCUT2D eigenvalue weighted by Crippen LogP contribution is 2.20. The average molecular weight is 325 g/mol. The van der Waals surface area contributed by atoms with Gasteiger partial charge in [-0.05, 0) is 70.2 Å². The van der Waals surface area contributed by atoms with Gasteiger partial charge in [-0.25, -0.2) is 0 Å². The lowest BCUT2D eigenvalue weighted by Gasteiger charge is -2.23. The lowest BCUT2D eigenvalue weighted by molar-refractivity contribution is -0.122. The van der Waals surface area contributed by atoms with Gasteiger partial charge in [0, 0.05) is 6.42 Å². The molecule has 0 bridgehead atoms. The molecule has 0 radical (unpaired) electrons. The molecule has 0 spiro atoms. The lowest BCUT2D eigenvalue weighted by Crippen LogP contribution is -2.30. The summed E-state index contributed by atoms with van der Waals surface area (Å²) in [6, 6.07) is 6.50. The summed E-state index contributed by atoms with van der Waals surface area (Å²) in [6.07, 6.45) is 4.09. The number of hydrogen-bond acceptors (Lipinski definition) is 2. The van der Waals surface area contributed by atoms with E-state index in [4.69, 9.17) is 0 Å². The minimum Gasteiger partial charge on any atom is -0.350 e. The number of hydrogen-bond donors (Lipinski definition) is 2. The van der Waals surface area contributed by atoms with Gasteiger partial charge in [-0.2, -0.15) is 0 Å². The molecule has 1 aliphatic heterocycles. The van der Waals surface area contributed by atoms with Crippen molar-refractivity contribution >= 4 is 18.3 Å². The van der Waals surface area contributed by atoms with Crippen LogP contribution in [0.4, 0.5) is 0 Å². The van der Waals surface area contributed by atoms with Crippen LogP contribution in [0.25, 0.3) is 0 Å². The minimum absolute atomic E-state index is 0. The second-order valence-electron chi connectivity index (χ2n) is 6.38. The van der Waals surface area contributed by atoms with Crippen molar-refractivity contribution in [3.63, 3.8) is 0 Å². The molecule has 22 heavy (non-hydrogen) atoms. The van der Waals surface area contributed by atoms with Crippen LogP contribution in [0.3, 0.4) is 0 Å². The van der Waals surface area contributed by atoms with Gasteiger partial charge in [-0.15, -0.1) is 12.4 Å². The maximum Gasteiger partial charge on any atom is 0.220 e. The predicted molar refractivity (Wildman–Crippen MR) is 94.5 cm³/mol. The summed E-state index contributed by atoms with van der Waals surface area (Å²) in [5, 5.41) is 6.51. The van der Waals surface area contributed by atoms with Crippen molar-refractivity contribution < 1.29 is 4.79 Å². The third-order valence-corrected chi connectivity index (χ3v) is 4.51. The first-order valence-electron chi connectivity index (χ1n) is 8.13. The Morgan fingerprint density at radius 3 is 2.64 bits per heavy atom. The fourth-order valence-electron chi connectivity index (χ4n) is 3.21. The summed E-state index contributed by atoms with van der Waals surface area (Å²) < 4.78 is 0. The van der Waals surface area contributed by atoms with Crippen molar-refractivity contribution in [2.24, 2.45) is 5.92 Å². The van der Waals surface area contributed by atoms with Gasteiger partial charge >= 0.3 is 0 Å². The van der Waals surface area contributed by atoms with Crippen LogP contribution in [0, 0.1) is 19.8 Å². The fraction of sp³-hybridized carbons (Fsp3) is 0.611. The Labute approximate surface area is 140 Å². The molecule has 1 atom stereocenters. The Hall–Kier alpha value is -1.06. The highest BCUT2D eigenvalue weighted by atomic mass is 35.5. The number of piperidine rings is 1. The molecule has 1 amide bonds. The van der Waals surface area contributed by atoms with E-state index in [0.717, 1.165) is 19.5 Å². The van der Waals surface area contributed by atoms with Gasteiger partial charge < -0.3 is 10.6 Å². The molecule has 1 unspecified atom stereocenters. The first-order chi connectivity index (χ1) is 10.1. The number of carbonyl (C=O) groups is 1. The zero-order chi connectivity index (χ0) is 15.2. The van der Waals surface area contributed by atoms with Crippen LogP contribution in [0.5, 0.6) is 0 Å². The molecule has 1 aromatic carbocycles. The van der Waals surface area contributed by atoms with Gasteiger partial charge in [-0.1, -0.05) is 23.8 Å². The van der Waals surface area contributed by atoms with Gasteiger partial charge in [0.2, 0.25) is 5.91 Å². The molecule has 1 heterocycles. The third-order valence-electron chi connectivity index (χ3n) is 4.51. The minimum atomic E-state index is 0. The average Bonchev–Trinajstić information content (AvgIpc) is 2.46. The summed E-state index contributed by atoms with van der Waals surface area (Å²) in [6.45, 7) is 8.48. The Balaban J connectivity index is 0.00000242. The molecule has 0 saturated carbocycles. The predicted octanol–water partition coefficient (Wildman–Crippen LogP) is 3.68. The molecule has 3 nitrogen and oxygen atoms in total. The fourth-order valence-corrected chi connectivity index (χ4v) is 3.21. The maximum absolute atomic E-state index is 12.1. The quantitative estimate of drug-likeness (QED) is 0.867. The Bertz CT molecular complexity index is 484. The number of benzene rings is 1. The van der Waals surface area contributed by atoms with Crippen LogP contribution in [0.2, 0.25) is 0 Å². The number of amides is 1. The van der Waals surface area contributed by atoms with Crippen molar-refractivity contribution in [3.8, 4) is 0 Å². The summed E-state index contributed by atoms with van der Waals surface area (Å²) in [5.74, 6) is 0.898. The van der Waals surface area contributed by atoms with Crippen molar-refractivity contribution in [1.29, 1.82) is 0 Å². The van der Waals surface area contributed by atoms with Crippen LogP contribution in [-0.4, -0.2) is 19.0 Å². The normalized spacial score (nSPS) is 16.7. The first-order valence-corrected chi connectivity index (χ1v) is 8.13. The molecule has 1 saturated heterocycles. The van der Waals surface area contributed by atoms with Crippen LogP contribution < -0.4 is 10.6 Å². The van der Waals surface area contributed by atoms with Crippen molar-refractivity contribution in [3.05, 3.63) is 34.9 Å². The van der Waals surface area contributed by atoms with E-state index < -0.39 is 0 Å². The second kappa shape index (κ2) is 9.16. The molecule has 2 N–H and O–H groups in total. The van der Waals surface area contributed by atoms with Crippen molar-refractivity contribution in [2.75, 3.05) is 13.1 Å². The largest absolute Gasteiger partial charge is 0.350 e. The van der Waals surface area contributed by atoms with Gasteiger partial charge in [0.25, 0.3) is 0 Å². The monoisotopic (exact) mass is 324 g/mol. The van der Waals surface area contributed by atoms with E-state index >= 15 is 0 Å². The van der Waals surface area contributed by atoms with Gasteiger partial charge in [-0.3, -0.25) is 4.79 Å². The molecule has 4 heteroatoms. The maximum atomic E-state index is 12.1. The Kier molecular flexibility index (Phi) is 7.91. The zero-order valence-corrected chi connectivity index (χ0v) is 14.8. The molecule has 2 rings (SSSR count). The summed E-state index contributed by atoms with van der Waals surface area (Å²) >= 11 is 0. The van der Waals surface area contributed by atoms with E-state index in [1.54, 1.807) is 0 Å². The first kappa shape index (κ1) is 19.0. The number of nitrogens with one attached hydrogen (secondary N) is 2. The molecule has 1 aromatic rings. The molecule has 1 aliphatic rings. The molecule has 124 valence electrons. The molecular formula is C18H29ClN2O. The van der Waals surface area contributed by atoms with Crippen LogP contribution in [0.15, 0.2) is 18.2 Å². The number of rotatable bonds is 5. The standard InChI is InChI=1S/C18H28N2O.ClH/c1-13-4-6-17(14(2)12-13)15(3)20-18(21)7-5-16-8-10-19-11-9-16;/h4,6,12,15-16,19H,5,7-11H2,1-3H3,(H,20,21);1H. The topological polar surface area (TPSA) is 41.1 Å². The Morgan fingerprint density at radius 2 is 2.00 bits per heavy atom. The Morgan fingerprint density at radius 1 is 1.32 bits per heavy atom. The van der Waals surface area contributed by atoms with Crippen LogP contribution in [-0.2, 0) is 4.79 Å². The number of carbonyl (C=O) groups excluding carboxylic acids is 1. The third kappa shape index (κ3) is 5.62. The van der Waals surface area contributed by atoms with Gasteiger partial charge in [0.1, 0.15) is 0 Å². The van der Waals surface area contributed by atoms with Crippen LogP contribution in [0.1, 0.15) is 55.3 Å². The van der Waals surface area contributed by atoms with E-state index in [1.807, 2.05) is 0 Å². The van der Waals surface area contributed by atoms with E-state index in [9.17, 15) is 4.79 Å². The van der Waals surface area contributed by atoms with Gasteiger partial charge in [0.05, 0.1) is 6.04 Å². The second-order valence-corrected chi connectivity index (χ2v) is 6.38. The SMILES string of the molecule is Cc1ccc(C(C)NC(=O)CCC2CCNCC2)c(C)c1.Cl. The highest BCUT2D eigenvalue weighted by Gasteiger charge is 2.16. The van der Waals surface area contributed by atoms with E-state index in [2.05, 4.69) is 49.6 Å². The molecular weight excluding hydrogens is 296 g/mol. The van der Waals surface area contributed by atoms with Crippen molar-refractivity contribution in [1.82, 2.24) is 10.6 Å². The number of aryl methyl sites for hydroxylation is 2. The molecule has 1 fully saturated rings. The van der Waals surface area contributed by atoms with E-state index in [-0.39, 0.29) is 24.4 Å². The van der Waals surface area contributed by atoms with E-state index in [1.165, 1.54) is 29.5 Å². The summed E-state index contributed by atoms with van der Waals surface area (Å²) in [4.78, 5) is 12.1. The molecule has 0 aliphatic carbocycles. The summed E-state index contributed by atoms with van der Waals surface area (Å²) in [7, 11) is 0.